The fraction of sp³-hybridized carbons (Fsp3) is 0. The number of rotatable bonds is 5. The Hall–Kier alpha value is -3.52. The summed E-state index contributed by atoms with van der Waals surface area (Å²) in [5.74, 6) is -2.18. The van der Waals surface area contributed by atoms with E-state index in [1.807, 2.05) is 0 Å². The van der Waals surface area contributed by atoms with Crippen LogP contribution in [0.25, 0.3) is 0 Å². The van der Waals surface area contributed by atoms with E-state index < -0.39 is 27.4 Å². The minimum Gasteiger partial charge on any atom is -0.504 e. The molecule has 0 spiro atoms. The predicted octanol–water partition coefficient (Wildman–Crippen LogP) is 3.15. The fourth-order valence-electron chi connectivity index (χ4n) is 2.36. The van der Waals surface area contributed by atoms with Crippen molar-refractivity contribution in [1.29, 1.82) is 0 Å². The number of benzene rings is 3. The van der Waals surface area contributed by atoms with E-state index in [1.165, 1.54) is 0 Å². The van der Waals surface area contributed by atoms with Crippen molar-refractivity contribution in [3.8, 4) is 11.5 Å². The Labute approximate surface area is 156 Å². The Morgan fingerprint density at radius 3 is 1.96 bits per heavy atom. The molecule has 0 atom stereocenters. The SMILES string of the molecule is O=C(Nc1ccccc1)c1cc(S(=O)(=O)Nc2ccccc2)cc(O)c1O. The van der Waals surface area contributed by atoms with Crippen LogP contribution in [-0.2, 0) is 10.0 Å². The molecule has 0 aliphatic carbocycles. The summed E-state index contributed by atoms with van der Waals surface area (Å²) in [5.41, 5.74) is 0.407. The first-order valence-electron chi connectivity index (χ1n) is 7.87. The summed E-state index contributed by atoms with van der Waals surface area (Å²) in [6.07, 6.45) is 0. The Kier molecular flexibility index (Phi) is 5.00. The maximum atomic E-state index is 12.6. The number of aromatic hydroxyl groups is 2. The highest BCUT2D eigenvalue weighted by atomic mass is 32.2. The van der Waals surface area contributed by atoms with Gasteiger partial charge in [0, 0.05) is 17.4 Å². The number of hydrogen-bond donors (Lipinski definition) is 4. The maximum absolute atomic E-state index is 12.6. The van der Waals surface area contributed by atoms with Crippen molar-refractivity contribution in [2.24, 2.45) is 0 Å². The van der Waals surface area contributed by atoms with Gasteiger partial charge >= 0.3 is 0 Å². The molecule has 0 fully saturated rings. The van der Waals surface area contributed by atoms with Crippen molar-refractivity contribution in [2.45, 2.75) is 4.90 Å². The van der Waals surface area contributed by atoms with Crippen LogP contribution in [0.3, 0.4) is 0 Å². The number of para-hydroxylation sites is 2. The Morgan fingerprint density at radius 1 is 0.815 bits per heavy atom. The van der Waals surface area contributed by atoms with E-state index in [0.29, 0.717) is 11.4 Å². The molecule has 3 aromatic carbocycles. The summed E-state index contributed by atoms with van der Waals surface area (Å²) < 4.78 is 27.5. The number of anilines is 2. The number of nitrogens with one attached hydrogen (secondary N) is 2. The van der Waals surface area contributed by atoms with E-state index in [9.17, 15) is 23.4 Å². The molecule has 138 valence electrons. The van der Waals surface area contributed by atoms with Gasteiger partial charge in [-0.15, -0.1) is 0 Å². The molecule has 0 heterocycles. The van der Waals surface area contributed by atoms with Crippen LogP contribution >= 0.6 is 0 Å². The van der Waals surface area contributed by atoms with Crippen LogP contribution < -0.4 is 10.0 Å². The third-order valence-corrected chi connectivity index (χ3v) is 5.04. The first kappa shape index (κ1) is 18.3. The summed E-state index contributed by atoms with van der Waals surface area (Å²) in [7, 11) is -4.08. The molecule has 4 N–H and O–H groups in total. The molecule has 7 nitrogen and oxygen atoms in total. The summed E-state index contributed by atoms with van der Waals surface area (Å²) in [6, 6.07) is 18.5. The smallest absolute Gasteiger partial charge is 0.262 e. The summed E-state index contributed by atoms with van der Waals surface area (Å²) >= 11 is 0. The molecular formula is C19H16N2O5S. The van der Waals surface area contributed by atoms with Crippen molar-refractivity contribution in [1.82, 2.24) is 0 Å². The highest BCUT2D eigenvalue weighted by Gasteiger charge is 2.22. The third kappa shape index (κ3) is 4.18. The summed E-state index contributed by atoms with van der Waals surface area (Å²) in [5, 5.41) is 22.4. The molecular weight excluding hydrogens is 368 g/mol. The Balaban J connectivity index is 1.95. The van der Waals surface area contributed by atoms with Gasteiger partial charge in [-0.2, -0.15) is 0 Å². The van der Waals surface area contributed by atoms with Crippen LogP contribution in [-0.4, -0.2) is 24.5 Å². The van der Waals surface area contributed by atoms with Gasteiger partial charge < -0.3 is 15.5 Å². The molecule has 0 radical (unpaired) electrons. The zero-order valence-electron chi connectivity index (χ0n) is 14.0. The number of amides is 1. The Morgan fingerprint density at radius 2 is 1.37 bits per heavy atom. The predicted molar refractivity (Wildman–Crippen MR) is 101 cm³/mol. The zero-order chi connectivity index (χ0) is 19.4. The van der Waals surface area contributed by atoms with Crippen LogP contribution in [0, 0.1) is 0 Å². The normalized spacial score (nSPS) is 11.0. The second-order valence-electron chi connectivity index (χ2n) is 5.63. The lowest BCUT2D eigenvalue weighted by Crippen LogP contribution is -2.16. The molecule has 0 bridgehead atoms. The largest absolute Gasteiger partial charge is 0.504 e. The first-order chi connectivity index (χ1) is 12.9. The number of hydrogen-bond acceptors (Lipinski definition) is 5. The molecule has 3 aromatic rings. The lowest BCUT2D eigenvalue weighted by Gasteiger charge is -2.12. The minimum atomic E-state index is -4.08. The van der Waals surface area contributed by atoms with Crippen molar-refractivity contribution >= 4 is 27.3 Å². The molecule has 27 heavy (non-hydrogen) atoms. The Bertz CT molecular complexity index is 1070. The van der Waals surface area contributed by atoms with E-state index >= 15 is 0 Å². The highest BCUT2D eigenvalue weighted by molar-refractivity contribution is 7.92. The molecule has 0 saturated heterocycles. The van der Waals surface area contributed by atoms with Gasteiger partial charge in [-0.3, -0.25) is 9.52 Å². The number of carbonyl (C=O) groups excluding carboxylic acids is 1. The van der Waals surface area contributed by atoms with Crippen LogP contribution in [0.5, 0.6) is 11.5 Å². The summed E-state index contributed by atoms with van der Waals surface area (Å²) in [4.78, 5) is 12.1. The fourth-order valence-corrected chi connectivity index (χ4v) is 3.47. The molecule has 0 aromatic heterocycles. The van der Waals surface area contributed by atoms with Crippen molar-refractivity contribution in [3.05, 3.63) is 78.4 Å². The average molecular weight is 384 g/mol. The van der Waals surface area contributed by atoms with Gasteiger partial charge in [0.15, 0.2) is 11.5 Å². The topological polar surface area (TPSA) is 116 Å². The molecule has 8 heteroatoms. The molecule has 0 saturated carbocycles. The van der Waals surface area contributed by atoms with E-state index in [-0.39, 0.29) is 10.5 Å². The van der Waals surface area contributed by atoms with Crippen LogP contribution in [0.2, 0.25) is 0 Å². The van der Waals surface area contributed by atoms with E-state index in [0.717, 1.165) is 12.1 Å². The summed E-state index contributed by atoms with van der Waals surface area (Å²) in [6.45, 7) is 0. The van der Waals surface area contributed by atoms with Gasteiger partial charge in [-0.1, -0.05) is 36.4 Å². The van der Waals surface area contributed by atoms with Crippen molar-refractivity contribution in [3.63, 3.8) is 0 Å². The first-order valence-corrected chi connectivity index (χ1v) is 9.35. The quantitative estimate of drug-likeness (QED) is 0.504. The molecule has 0 unspecified atom stereocenters. The number of sulfonamides is 1. The maximum Gasteiger partial charge on any atom is 0.262 e. The van der Waals surface area contributed by atoms with E-state index in [1.54, 1.807) is 60.7 Å². The van der Waals surface area contributed by atoms with Crippen molar-refractivity contribution in [2.75, 3.05) is 10.0 Å². The second kappa shape index (κ2) is 7.38. The van der Waals surface area contributed by atoms with Gasteiger partial charge in [0.25, 0.3) is 15.9 Å². The number of carbonyl (C=O) groups is 1. The average Bonchev–Trinajstić information content (AvgIpc) is 2.65. The van der Waals surface area contributed by atoms with Crippen LogP contribution in [0.15, 0.2) is 77.7 Å². The van der Waals surface area contributed by atoms with Crippen LogP contribution in [0.4, 0.5) is 11.4 Å². The lowest BCUT2D eigenvalue weighted by atomic mass is 10.1. The van der Waals surface area contributed by atoms with E-state index in [2.05, 4.69) is 10.0 Å². The number of phenols is 2. The highest BCUT2D eigenvalue weighted by Crippen LogP contribution is 2.33. The molecule has 0 aliphatic rings. The standard InChI is InChI=1S/C19H16N2O5S/c22-17-12-15(27(25,26)21-14-9-5-2-6-10-14)11-16(18(17)23)19(24)20-13-7-3-1-4-8-13/h1-12,21-23H,(H,20,24). The third-order valence-electron chi connectivity index (χ3n) is 3.68. The lowest BCUT2D eigenvalue weighted by molar-refractivity contribution is 0.102. The molecule has 0 aliphatic heterocycles. The van der Waals surface area contributed by atoms with Gasteiger partial charge in [0.05, 0.1) is 10.5 Å². The van der Waals surface area contributed by atoms with Gasteiger partial charge in [0.2, 0.25) is 0 Å². The van der Waals surface area contributed by atoms with E-state index in [4.69, 9.17) is 0 Å². The van der Waals surface area contributed by atoms with Gasteiger partial charge in [-0.25, -0.2) is 8.42 Å². The van der Waals surface area contributed by atoms with Crippen molar-refractivity contribution < 1.29 is 23.4 Å². The molecule has 3 rings (SSSR count). The number of phenolic OH excluding ortho intramolecular Hbond substituents is 2. The van der Waals surface area contributed by atoms with Crippen LogP contribution in [0.1, 0.15) is 10.4 Å². The van der Waals surface area contributed by atoms with Gasteiger partial charge in [-0.05, 0) is 30.3 Å². The monoisotopic (exact) mass is 384 g/mol. The minimum absolute atomic E-state index is 0.320. The zero-order valence-corrected chi connectivity index (χ0v) is 14.8. The molecule has 1 amide bonds. The second-order valence-corrected chi connectivity index (χ2v) is 7.31. The van der Waals surface area contributed by atoms with Gasteiger partial charge in [0.1, 0.15) is 0 Å².